The normalized spacial score (nSPS) is 28.7. The van der Waals surface area contributed by atoms with Gasteiger partial charge in [0.05, 0.1) is 12.0 Å². The van der Waals surface area contributed by atoms with E-state index in [1.165, 1.54) is 0 Å². The van der Waals surface area contributed by atoms with Gasteiger partial charge in [0.2, 0.25) is 5.91 Å². The molecule has 1 aromatic carbocycles. The van der Waals surface area contributed by atoms with Crippen molar-refractivity contribution in [2.45, 2.75) is 45.6 Å². The quantitative estimate of drug-likeness (QED) is 0.867. The van der Waals surface area contributed by atoms with Crippen LogP contribution in [0.25, 0.3) is 0 Å². The van der Waals surface area contributed by atoms with Crippen molar-refractivity contribution >= 4 is 11.7 Å². The second kappa shape index (κ2) is 4.95. The van der Waals surface area contributed by atoms with Crippen molar-refractivity contribution in [3.8, 4) is 5.75 Å². The number of hydrogen-bond acceptors (Lipinski definition) is 3. The zero-order valence-corrected chi connectivity index (χ0v) is 13.8. The predicted octanol–water partition coefficient (Wildman–Crippen LogP) is 2.94. The van der Waals surface area contributed by atoms with Crippen LogP contribution < -0.4 is 0 Å². The standard InChI is InChI=1S/C19H22N2O2/c1-4-12-9-21-18(20-11(12)3)14-7-5-13-6-8-15(22)10(2)16(13)17(14)19(21)23/h6-8,11-12,17,22H,4-5,9H2,1-3H3/t11-,12-,17?/m0/s1. The zero-order valence-electron chi connectivity index (χ0n) is 13.8. The molecule has 1 amide bonds. The van der Waals surface area contributed by atoms with Crippen molar-refractivity contribution in [3.63, 3.8) is 0 Å². The number of phenolic OH excluding ortho intramolecular Hbond substituents is 1. The van der Waals surface area contributed by atoms with Gasteiger partial charge in [0.15, 0.2) is 0 Å². The van der Waals surface area contributed by atoms with Crippen LogP contribution in [0.5, 0.6) is 5.75 Å². The Balaban J connectivity index is 1.85. The number of nitrogens with zero attached hydrogens (tertiary/aromatic N) is 2. The molecule has 4 rings (SSSR count). The summed E-state index contributed by atoms with van der Waals surface area (Å²) in [6.45, 7) is 6.97. The Bertz CT molecular complexity index is 763. The number of aliphatic imine (C=N–C) groups is 1. The number of amidine groups is 1. The maximum atomic E-state index is 13.1. The molecule has 4 heteroatoms. The first-order valence-electron chi connectivity index (χ1n) is 8.43. The molecule has 120 valence electrons. The molecule has 0 radical (unpaired) electrons. The fourth-order valence-electron chi connectivity index (χ4n) is 4.22. The van der Waals surface area contributed by atoms with Crippen LogP contribution in [0.3, 0.4) is 0 Å². The summed E-state index contributed by atoms with van der Waals surface area (Å²) >= 11 is 0. The molecule has 23 heavy (non-hydrogen) atoms. The molecule has 2 heterocycles. The maximum Gasteiger partial charge on any atom is 0.240 e. The van der Waals surface area contributed by atoms with E-state index in [0.29, 0.717) is 5.92 Å². The van der Waals surface area contributed by atoms with Gasteiger partial charge in [0, 0.05) is 12.1 Å². The molecule has 3 atom stereocenters. The van der Waals surface area contributed by atoms with Gasteiger partial charge in [0.25, 0.3) is 0 Å². The van der Waals surface area contributed by atoms with Crippen LogP contribution in [0.2, 0.25) is 0 Å². The molecule has 1 fully saturated rings. The number of aromatic hydroxyl groups is 1. The van der Waals surface area contributed by atoms with Crippen LogP contribution in [0.4, 0.5) is 0 Å². The van der Waals surface area contributed by atoms with Crippen molar-refractivity contribution in [1.82, 2.24) is 4.90 Å². The van der Waals surface area contributed by atoms with Crippen LogP contribution in [-0.2, 0) is 11.2 Å². The van der Waals surface area contributed by atoms with Gasteiger partial charge in [-0.2, -0.15) is 0 Å². The number of rotatable bonds is 1. The fraction of sp³-hybridized carbons (Fsp3) is 0.474. The Kier molecular flexibility index (Phi) is 3.12. The molecule has 0 bridgehead atoms. The summed E-state index contributed by atoms with van der Waals surface area (Å²) in [7, 11) is 0. The topological polar surface area (TPSA) is 52.9 Å². The van der Waals surface area contributed by atoms with Gasteiger partial charge in [-0.15, -0.1) is 0 Å². The van der Waals surface area contributed by atoms with E-state index in [4.69, 9.17) is 4.99 Å². The van der Waals surface area contributed by atoms with Crippen LogP contribution in [0, 0.1) is 12.8 Å². The zero-order chi connectivity index (χ0) is 16.3. The SMILES string of the molecule is CC[C@H]1CN2C(=O)C3C(=CCc4ccc(O)c(C)c43)C2=N[C@H]1C. The average molecular weight is 310 g/mol. The molecule has 4 nitrogen and oxygen atoms in total. The van der Waals surface area contributed by atoms with Crippen molar-refractivity contribution in [1.29, 1.82) is 0 Å². The van der Waals surface area contributed by atoms with E-state index in [1.54, 1.807) is 6.07 Å². The first-order chi connectivity index (χ1) is 11.0. The summed E-state index contributed by atoms with van der Waals surface area (Å²) in [5, 5.41) is 10.1. The third kappa shape index (κ3) is 1.90. The van der Waals surface area contributed by atoms with Crippen LogP contribution >= 0.6 is 0 Å². The highest BCUT2D eigenvalue weighted by Crippen LogP contribution is 2.45. The molecule has 1 N–H and O–H groups in total. The lowest BCUT2D eigenvalue weighted by Gasteiger charge is -2.31. The summed E-state index contributed by atoms with van der Waals surface area (Å²) in [5.41, 5.74) is 4.00. The number of hydrogen-bond donors (Lipinski definition) is 1. The van der Waals surface area contributed by atoms with Gasteiger partial charge in [-0.3, -0.25) is 14.7 Å². The number of fused-ring (bicyclic) bond motifs is 5. The summed E-state index contributed by atoms with van der Waals surface area (Å²) in [4.78, 5) is 19.8. The Labute approximate surface area is 136 Å². The summed E-state index contributed by atoms with van der Waals surface area (Å²) in [6.07, 6.45) is 3.98. The molecular formula is C19H22N2O2. The molecule has 2 aliphatic heterocycles. The van der Waals surface area contributed by atoms with Crippen LogP contribution in [0.1, 0.15) is 42.9 Å². The minimum absolute atomic E-state index is 0.120. The van der Waals surface area contributed by atoms with Gasteiger partial charge in [-0.1, -0.05) is 19.1 Å². The second-order valence-electron chi connectivity index (χ2n) is 6.89. The van der Waals surface area contributed by atoms with Crippen molar-refractivity contribution in [2.24, 2.45) is 10.9 Å². The van der Waals surface area contributed by atoms with Crippen LogP contribution in [-0.4, -0.2) is 34.3 Å². The minimum atomic E-state index is -0.285. The molecule has 3 aliphatic rings. The molecule has 1 aliphatic carbocycles. The molecule has 1 unspecified atom stereocenters. The molecular weight excluding hydrogens is 288 g/mol. The lowest BCUT2D eigenvalue weighted by Crippen LogP contribution is -2.42. The van der Waals surface area contributed by atoms with E-state index in [9.17, 15) is 9.90 Å². The number of amides is 1. The third-order valence-corrected chi connectivity index (χ3v) is 5.69. The van der Waals surface area contributed by atoms with Gasteiger partial charge >= 0.3 is 0 Å². The molecule has 1 saturated heterocycles. The Hall–Kier alpha value is -2.10. The highest BCUT2D eigenvalue weighted by atomic mass is 16.3. The van der Waals surface area contributed by atoms with Crippen molar-refractivity contribution < 1.29 is 9.90 Å². The lowest BCUT2D eigenvalue weighted by atomic mass is 9.80. The largest absolute Gasteiger partial charge is 0.508 e. The summed E-state index contributed by atoms with van der Waals surface area (Å²) in [6, 6.07) is 3.92. The molecule has 1 aromatic rings. The van der Waals surface area contributed by atoms with Gasteiger partial charge < -0.3 is 5.11 Å². The van der Waals surface area contributed by atoms with Gasteiger partial charge in [0.1, 0.15) is 11.6 Å². The number of phenols is 1. The van der Waals surface area contributed by atoms with E-state index in [-0.39, 0.29) is 23.6 Å². The second-order valence-corrected chi connectivity index (χ2v) is 6.89. The highest BCUT2D eigenvalue weighted by molar-refractivity contribution is 6.20. The lowest BCUT2D eigenvalue weighted by molar-refractivity contribution is -0.127. The minimum Gasteiger partial charge on any atom is -0.508 e. The third-order valence-electron chi connectivity index (χ3n) is 5.69. The molecule has 0 spiro atoms. The van der Waals surface area contributed by atoms with Crippen molar-refractivity contribution in [3.05, 3.63) is 40.5 Å². The summed E-state index contributed by atoms with van der Waals surface area (Å²) in [5.74, 6) is 1.39. The Morgan fingerprint density at radius 3 is 2.91 bits per heavy atom. The number of carbonyl (C=O) groups excluding carboxylic acids is 1. The van der Waals surface area contributed by atoms with Gasteiger partial charge in [-0.05, 0) is 55.4 Å². The Morgan fingerprint density at radius 1 is 1.39 bits per heavy atom. The maximum absolute atomic E-state index is 13.1. The van der Waals surface area contributed by atoms with Gasteiger partial charge in [-0.25, -0.2) is 0 Å². The van der Waals surface area contributed by atoms with E-state index in [0.717, 1.165) is 47.5 Å². The smallest absolute Gasteiger partial charge is 0.240 e. The van der Waals surface area contributed by atoms with Crippen molar-refractivity contribution in [2.75, 3.05) is 6.54 Å². The fourth-order valence-corrected chi connectivity index (χ4v) is 4.22. The first kappa shape index (κ1) is 14.5. The number of benzene rings is 1. The number of allylic oxidation sites excluding steroid dienone is 1. The van der Waals surface area contributed by atoms with E-state index < -0.39 is 0 Å². The monoisotopic (exact) mass is 310 g/mol. The first-order valence-corrected chi connectivity index (χ1v) is 8.43. The number of carbonyl (C=O) groups is 1. The Morgan fingerprint density at radius 2 is 2.17 bits per heavy atom. The molecule has 0 saturated carbocycles. The highest BCUT2D eigenvalue weighted by Gasteiger charge is 2.47. The summed E-state index contributed by atoms with van der Waals surface area (Å²) < 4.78 is 0. The average Bonchev–Trinajstić information content (AvgIpc) is 2.82. The van der Waals surface area contributed by atoms with E-state index in [2.05, 4.69) is 19.9 Å². The molecule has 0 aromatic heterocycles. The predicted molar refractivity (Wildman–Crippen MR) is 89.8 cm³/mol. The van der Waals surface area contributed by atoms with E-state index in [1.807, 2.05) is 17.9 Å². The van der Waals surface area contributed by atoms with Crippen LogP contribution in [0.15, 0.2) is 28.8 Å². The van der Waals surface area contributed by atoms with E-state index >= 15 is 0 Å².